The number of hydrogen-bond donors (Lipinski definition) is 2. The SMILES string of the molecule is CCCCCCOC(=O)/N=C(/N)c1ccc(NCc2nc3cc(C(=O)N(CCC(=O)OC(OC(=O)SC(C)C)SC)c4ccccn4)ccc3n2C)cc1. The van der Waals surface area contributed by atoms with Gasteiger partial charge < -0.3 is 29.8 Å². The summed E-state index contributed by atoms with van der Waals surface area (Å²) in [5.74, 6) is 0.145. The molecule has 2 aromatic carbocycles. The number of anilines is 2. The number of nitrogens with one attached hydrogen (secondary N) is 1. The van der Waals surface area contributed by atoms with Crippen LogP contribution in [-0.2, 0) is 32.6 Å². The van der Waals surface area contributed by atoms with Gasteiger partial charge in [-0.3, -0.25) is 14.5 Å². The van der Waals surface area contributed by atoms with Gasteiger partial charge in [0.1, 0.15) is 17.5 Å². The van der Waals surface area contributed by atoms with E-state index in [9.17, 15) is 19.2 Å². The van der Waals surface area contributed by atoms with Gasteiger partial charge >= 0.3 is 17.4 Å². The molecule has 4 aromatic rings. The summed E-state index contributed by atoms with van der Waals surface area (Å²) in [6.07, 6.45) is 6.35. The van der Waals surface area contributed by atoms with Crippen LogP contribution < -0.4 is 16.0 Å². The highest BCUT2D eigenvalue weighted by atomic mass is 32.2. The number of carbonyl (C=O) groups excluding carboxylic acids is 4. The highest BCUT2D eigenvalue weighted by molar-refractivity contribution is 8.13. The summed E-state index contributed by atoms with van der Waals surface area (Å²) in [6, 6.07) is 17.6. The van der Waals surface area contributed by atoms with Crippen molar-refractivity contribution in [2.24, 2.45) is 17.8 Å². The number of esters is 1. The molecule has 0 bridgehead atoms. The zero-order valence-electron chi connectivity index (χ0n) is 31.2. The Morgan fingerprint density at radius 3 is 2.44 bits per heavy atom. The van der Waals surface area contributed by atoms with Crippen molar-refractivity contribution < 1.29 is 33.4 Å². The normalized spacial score (nSPS) is 12.0. The maximum absolute atomic E-state index is 13.9. The number of nitrogens with zero attached hydrogens (tertiary/aromatic N) is 5. The largest absolute Gasteiger partial charge is 0.448 e. The van der Waals surface area contributed by atoms with Crippen LogP contribution in [0.2, 0.25) is 0 Å². The van der Waals surface area contributed by atoms with E-state index >= 15 is 0 Å². The first-order valence-electron chi connectivity index (χ1n) is 17.6. The van der Waals surface area contributed by atoms with Crippen molar-refractivity contribution in [1.82, 2.24) is 14.5 Å². The van der Waals surface area contributed by atoms with Crippen LogP contribution in [0.15, 0.2) is 71.9 Å². The van der Waals surface area contributed by atoms with Crippen molar-refractivity contribution in [3.63, 3.8) is 0 Å². The fraction of sp³-hybridized carbons (Fsp3) is 0.395. The molecule has 2 heterocycles. The van der Waals surface area contributed by atoms with Crippen molar-refractivity contribution in [3.05, 3.63) is 83.8 Å². The van der Waals surface area contributed by atoms with Gasteiger partial charge in [-0.25, -0.2) is 19.6 Å². The molecule has 16 heteroatoms. The highest BCUT2D eigenvalue weighted by Gasteiger charge is 2.24. The van der Waals surface area contributed by atoms with E-state index in [2.05, 4.69) is 22.2 Å². The van der Waals surface area contributed by atoms with Crippen molar-refractivity contribution in [2.45, 2.75) is 70.3 Å². The molecule has 4 rings (SSSR count). The smallest absolute Gasteiger partial charge is 0.435 e. The predicted octanol–water partition coefficient (Wildman–Crippen LogP) is 7.51. The molecule has 54 heavy (non-hydrogen) atoms. The van der Waals surface area contributed by atoms with E-state index in [1.807, 2.05) is 43.7 Å². The number of carbonyl (C=O) groups is 4. The van der Waals surface area contributed by atoms with Crippen molar-refractivity contribution in [2.75, 3.05) is 29.6 Å². The van der Waals surface area contributed by atoms with Gasteiger partial charge in [-0.05, 0) is 79.0 Å². The molecule has 0 aliphatic carbocycles. The minimum Gasteiger partial charge on any atom is -0.448 e. The standard InChI is InChI=1S/C38H47N7O7S2/c1-6-7-8-11-22-50-36(48)43-34(39)26-13-16-28(17-14-26)41-24-32-42-29-23-27(15-18-30(29)44(32)4)35(47)45(31-12-9-10-20-40-31)21-19-33(46)51-38(53-5)52-37(49)54-25(2)3/h9-10,12-18,20,23,25,38,41H,6-8,11,19,21-22,24H2,1-5H3,(H2,39,43,48). The summed E-state index contributed by atoms with van der Waals surface area (Å²) < 4.78 is 17.7. The predicted molar refractivity (Wildman–Crippen MR) is 214 cm³/mol. The van der Waals surface area contributed by atoms with Crippen molar-refractivity contribution >= 4 is 75.2 Å². The summed E-state index contributed by atoms with van der Waals surface area (Å²) in [5, 5.41) is 2.82. The first-order chi connectivity index (χ1) is 26.0. The van der Waals surface area contributed by atoms with Gasteiger partial charge in [-0.2, -0.15) is 4.99 Å². The number of aliphatic imine (C=N–C) groups is 1. The third-order valence-corrected chi connectivity index (χ3v) is 9.28. The van der Waals surface area contributed by atoms with Gasteiger partial charge in [-0.1, -0.05) is 57.9 Å². The molecule has 2 amide bonds. The zero-order chi connectivity index (χ0) is 39.0. The summed E-state index contributed by atoms with van der Waals surface area (Å²) >= 11 is 2.07. The van der Waals surface area contributed by atoms with Gasteiger partial charge in [0.15, 0.2) is 0 Å². The van der Waals surface area contributed by atoms with Gasteiger partial charge in [0.05, 0.1) is 30.6 Å². The molecule has 1 unspecified atom stereocenters. The Morgan fingerprint density at radius 1 is 1.00 bits per heavy atom. The first kappa shape index (κ1) is 41.7. The molecule has 1 atom stereocenters. The number of benzene rings is 2. The molecular formula is C38H47N7O7S2. The second-order valence-corrected chi connectivity index (χ2v) is 14.7. The van der Waals surface area contributed by atoms with Crippen LogP contribution in [0.25, 0.3) is 11.0 Å². The lowest BCUT2D eigenvalue weighted by Gasteiger charge is -2.22. The third-order valence-electron chi connectivity index (χ3n) is 7.94. The Kier molecular flexibility index (Phi) is 16.2. The van der Waals surface area contributed by atoms with Crippen LogP contribution in [0.4, 0.5) is 21.1 Å². The minimum atomic E-state index is -1.11. The molecule has 0 radical (unpaired) electrons. The molecule has 0 aliphatic heterocycles. The van der Waals surface area contributed by atoms with Gasteiger partial charge in [0.2, 0.25) is 0 Å². The lowest BCUT2D eigenvalue weighted by atomic mass is 10.1. The molecule has 2 aromatic heterocycles. The number of amidine groups is 1. The van der Waals surface area contributed by atoms with Crippen LogP contribution in [0, 0.1) is 0 Å². The number of amides is 2. The van der Waals surface area contributed by atoms with Gasteiger partial charge in [-0.15, -0.1) is 0 Å². The van der Waals surface area contributed by atoms with Gasteiger partial charge in [0, 0.05) is 41.9 Å². The quantitative estimate of drug-likeness (QED) is 0.0334. The summed E-state index contributed by atoms with van der Waals surface area (Å²) in [7, 11) is 1.89. The fourth-order valence-electron chi connectivity index (χ4n) is 5.14. The Hall–Kier alpha value is -5.09. The number of nitrogens with two attached hydrogens (primary N) is 1. The number of ether oxygens (including phenoxy) is 3. The monoisotopic (exact) mass is 777 g/mol. The average molecular weight is 778 g/mol. The van der Waals surface area contributed by atoms with E-state index in [0.29, 0.717) is 35.6 Å². The molecule has 14 nitrogen and oxygen atoms in total. The first-order valence-corrected chi connectivity index (χ1v) is 19.8. The number of aryl methyl sites for hydroxylation is 1. The number of imidazole rings is 1. The van der Waals surface area contributed by atoms with E-state index in [0.717, 1.165) is 66.2 Å². The number of hydrogen-bond acceptors (Lipinski definition) is 12. The number of thioether (sulfide) groups is 2. The lowest BCUT2D eigenvalue weighted by molar-refractivity contribution is -0.154. The number of pyridine rings is 1. The van der Waals surface area contributed by atoms with Crippen LogP contribution in [-0.4, -0.2) is 73.9 Å². The van der Waals surface area contributed by atoms with E-state index in [4.69, 9.17) is 24.9 Å². The average Bonchev–Trinajstić information content (AvgIpc) is 3.47. The Labute approximate surface area is 323 Å². The zero-order valence-corrected chi connectivity index (χ0v) is 32.8. The fourth-order valence-corrected chi connectivity index (χ4v) is 6.12. The molecular weight excluding hydrogens is 731 g/mol. The molecule has 0 spiro atoms. The molecule has 288 valence electrons. The summed E-state index contributed by atoms with van der Waals surface area (Å²) in [6.45, 7) is 6.50. The molecule has 0 fully saturated rings. The second-order valence-electron chi connectivity index (χ2n) is 12.3. The Bertz CT molecular complexity index is 1900. The van der Waals surface area contributed by atoms with Crippen LogP contribution in [0.3, 0.4) is 0 Å². The topological polar surface area (TPSA) is 180 Å². The van der Waals surface area contributed by atoms with Crippen LogP contribution in [0.5, 0.6) is 0 Å². The number of aromatic nitrogens is 3. The number of fused-ring (bicyclic) bond motifs is 1. The minimum absolute atomic E-state index is 0.0172. The second kappa shape index (κ2) is 21.0. The Morgan fingerprint density at radius 2 is 1.76 bits per heavy atom. The van der Waals surface area contributed by atoms with E-state index < -0.39 is 23.0 Å². The van der Waals surface area contributed by atoms with Gasteiger partial charge in [0.25, 0.3) is 11.5 Å². The molecule has 0 saturated carbocycles. The van der Waals surface area contributed by atoms with Crippen molar-refractivity contribution in [3.8, 4) is 0 Å². The maximum Gasteiger partial charge on any atom is 0.435 e. The third kappa shape index (κ3) is 12.5. The molecule has 3 N–H and O–H groups in total. The Balaban J connectivity index is 1.39. The molecule has 0 aliphatic rings. The molecule has 0 saturated heterocycles. The van der Waals surface area contributed by atoms with E-state index in [-0.39, 0.29) is 30.0 Å². The van der Waals surface area contributed by atoms with E-state index in [1.165, 1.54) is 4.90 Å². The van der Waals surface area contributed by atoms with E-state index in [1.54, 1.807) is 54.9 Å². The maximum atomic E-state index is 13.9. The van der Waals surface area contributed by atoms with Crippen LogP contribution >= 0.6 is 23.5 Å². The number of unbranched alkanes of at least 4 members (excludes halogenated alkanes) is 3. The highest BCUT2D eigenvalue weighted by Crippen LogP contribution is 2.23. The van der Waals surface area contributed by atoms with Crippen LogP contribution in [0.1, 0.15) is 74.6 Å². The summed E-state index contributed by atoms with van der Waals surface area (Å²) in [5.41, 5.74) is 8.11. The lowest BCUT2D eigenvalue weighted by Crippen LogP contribution is -2.34. The van der Waals surface area contributed by atoms with Crippen molar-refractivity contribution in [1.29, 1.82) is 0 Å². The summed E-state index contributed by atoms with van der Waals surface area (Å²) in [4.78, 5) is 65.2. The number of rotatable bonds is 18.